The molecule has 0 unspecified atom stereocenters. The van der Waals surface area contributed by atoms with Crippen LogP contribution in [0.1, 0.15) is 24.9 Å². The molecule has 0 saturated heterocycles. The molecule has 0 bridgehead atoms. The number of amides is 1. The van der Waals surface area contributed by atoms with Gasteiger partial charge in [-0.15, -0.1) is 0 Å². The highest BCUT2D eigenvalue weighted by Gasteiger charge is 2.24. The SMILES string of the molecule is CC[C@@H]1C=CC(=O)N[C@H]1c1ccccc1. The zero-order valence-corrected chi connectivity index (χ0v) is 8.81. The number of hydrogen-bond donors (Lipinski definition) is 1. The van der Waals surface area contributed by atoms with Gasteiger partial charge >= 0.3 is 0 Å². The van der Waals surface area contributed by atoms with Crippen molar-refractivity contribution in [2.75, 3.05) is 0 Å². The summed E-state index contributed by atoms with van der Waals surface area (Å²) >= 11 is 0. The number of carbonyl (C=O) groups is 1. The maximum atomic E-state index is 11.3. The highest BCUT2D eigenvalue weighted by atomic mass is 16.1. The fourth-order valence-corrected chi connectivity index (χ4v) is 1.99. The first-order valence-electron chi connectivity index (χ1n) is 5.35. The van der Waals surface area contributed by atoms with Gasteiger partial charge < -0.3 is 5.32 Å². The molecule has 1 aromatic rings. The molecule has 0 saturated carbocycles. The van der Waals surface area contributed by atoms with E-state index in [2.05, 4.69) is 24.4 Å². The van der Waals surface area contributed by atoms with Gasteiger partial charge in [0.2, 0.25) is 5.91 Å². The summed E-state index contributed by atoms with van der Waals surface area (Å²) < 4.78 is 0. The Kier molecular flexibility index (Phi) is 2.86. The third kappa shape index (κ3) is 2.09. The summed E-state index contributed by atoms with van der Waals surface area (Å²) in [4.78, 5) is 11.3. The minimum Gasteiger partial charge on any atom is -0.345 e. The molecule has 1 amide bonds. The predicted molar refractivity (Wildman–Crippen MR) is 60.2 cm³/mol. The van der Waals surface area contributed by atoms with Crippen molar-refractivity contribution < 1.29 is 4.79 Å². The van der Waals surface area contributed by atoms with Gasteiger partial charge in [0.15, 0.2) is 0 Å². The van der Waals surface area contributed by atoms with Gasteiger partial charge in [-0.05, 0) is 18.1 Å². The standard InChI is InChI=1S/C13H15NO/c1-2-10-8-9-12(15)14-13(10)11-6-4-3-5-7-11/h3-10,13H,2H2,1H3,(H,14,15)/t10-,13-/m1/s1. The molecule has 15 heavy (non-hydrogen) atoms. The number of nitrogens with one attached hydrogen (secondary N) is 1. The van der Waals surface area contributed by atoms with E-state index in [1.54, 1.807) is 6.08 Å². The largest absolute Gasteiger partial charge is 0.345 e. The van der Waals surface area contributed by atoms with Crippen LogP contribution in [0.3, 0.4) is 0 Å². The molecule has 1 aliphatic heterocycles. The summed E-state index contributed by atoms with van der Waals surface area (Å²) in [6, 6.07) is 10.3. The Morgan fingerprint density at radius 3 is 2.67 bits per heavy atom. The second-order valence-corrected chi connectivity index (χ2v) is 3.83. The molecule has 2 atom stereocenters. The van der Waals surface area contributed by atoms with E-state index in [4.69, 9.17) is 0 Å². The van der Waals surface area contributed by atoms with Crippen molar-refractivity contribution in [3.8, 4) is 0 Å². The average molecular weight is 201 g/mol. The first-order chi connectivity index (χ1) is 7.31. The normalized spacial score (nSPS) is 25.0. The van der Waals surface area contributed by atoms with Crippen molar-refractivity contribution in [3.63, 3.8) is 0 Å². The predicted octanol–water partition coefficient (Wildman–Crippen LogP) is 2.44. The van der Waals surface area contributed by atoms with E-state index in [-0.39, 0.29) is 11.9 Å². The molecule has 0 aromatic heterocycles. The van der Waals surface area contributed by atoms with Gasteiger partial charge in [0, 0.05) is 5.92 Å². The fraction of sp³-hybridized carbons (Fsp3) is 0.308. The second kappa shape index (κ2) is 4.30. The van der Waals surface area contributed by atoms with E-state index in [1.165, 1.54) is 5.56 Å². The summed E-state index contributed by atoms with van der Waals surface area (Å²) in [7, 11) is 0. The lowest BCUT2D eigenvalue weighted by molar-refractivity contribution is -0.118. The molecular weight excluding hydrogens is 186 g/mol. The molecule has 2 heteroatoms. The summed E-state index contributed by atoms with van der Waals surface area (Å²) in [6.45, 7) is 2.14. The van der Waals surface area contributed by atoms with Crippen molar-refractivity contribution >= 4 is 5.91 Å². The van der Waals surface area contributed by atoms with E-state index in [9.17, 15) is 4.79 Å². The quantitative estimate of drug-likeness (QED) is 0.782. The van der Waals surface area contributed by atoms with Crippen molar-refractivity contribution in [3.05, 3.63) is 48.0 Å². The molecule has 0 radical (unpaired) electrons. The average Bonchev–Trinajstić information content (AvgIpc) is 2.30. The minimum absolute atomic E-state index is 0.00792. The molecule has 2 rings (SSSR count). The van der Waals surface area contributed by atoms with Crippen LogP contribution in [0.2, 0.25) is 0 Å². The lowest BCUT2D eigenvalue weighted by atomic mass is 9.88. The van der Waals surface area contributed by atoms with Gasteiger partial charge in [0.1, 0.15) is 0 Å². The fourth-order valence-electron chi connectivity index (χ4n) is 1.99. The van der Waals surface area contributed by atoms with Crippen LogP contribution < -0.4 is 5.32 Å². The van der Waals surface area contributed by atoms with Crippen LogP contribution >= 0.6 is 0 Å². The molecular formula is C13H15NO. The molecule has 1 N–H and O–H groups in total. The Morgan fingerprint density at radius 2 is 2.00 bits per heavy atom. The maximum Gasteiger partial charge on any atom is 0.244 e. The number of hydrogen-bond acceptors (Lipinski definition) is 1. The van der Waals surface area contributed by atoms with E-state index in [0.29, 0.717) is 5.92 Å². The monoisotopic (exact) mass is 201 g/mol. The van der Waals surface area contributed by atoms with Crippen LogP contribution in [-0.2, 0) is 4.79 Å². The van der Waals surface area contributed by atoms with Gasteiger partial charge in [0.05, 0.1) is 6.04 Å². The third-order valence-electron chi connectivity index (χ3n) is 2.85. The lowest BCUT2D eigenvalue weighted by Crippen LogP contribution is -2.34. The molecule has 2 nitrogen and oxygen atoms in total. The second-order valence-electron chi connectivity index (χ2n) is 3.83. The zero-order valence-electron chi connectivity index (χ0n) is 8.81. The van der Waals surface area contributed by atoms with Crippen LogP contribution in [0.15, 0.2) is 42.5 Å². The van der Waals surface area contributed by atoms with E-state index in [0.717, 1.165) is 6.42 Å². The van der Waals surface area contributed by atoms with Crippen molar-refractivity contribution in [2.45, 2.75) is 19.4 Å². The van der Waals surface area contributed by atoms with Gasteiger partial charge in [0.25, 0.3) is 0 Å². The number of rotatable bonds is 2. The van der Waals surface area contributed by atoms with Crippen LogP contribution in [0.4, 0.5) is 0 Å². The number of carbonyl (C=O) groups excluding carboxylic acids is 1. The molecule has 0 aliphatic carbocycles. The minimum atomic E-state index is 0.00792. The first-order valence-corrected chi connectivity index (χ1v) is 5.35. The Morgan fingerprint density at radius 1 is 1.27 bits per heavy atom. The van der Waals surface area contributed by atoms with E-state index < -0.39 is 0 Å². The third-order valence-corrected chi connectivity index (χ3v) is 2.85. The topological polar surface area (TPSA) is 29.1 Å². The molecule has 1 aromatic carbocycles. The van der Waals surface area contributed by atoms with Gasteiger partial charge in [-0.2, -0.15) is 0 Å². The zero-order chi connectivity index (χ0) is 10.7. The van der Waals surface area contributed by atoms with Crippen LogP contribution in [0.25, 0.3) is 0 Å². The molecule has 0 fully saturated rings. The Labute approximate surface area is 90.0 Å². The highest BCUT2D eigenvalue weighted by Crippen LogP contribution is 2.27. The Hall–Kier alpha value is -1.57. The van der Waals surface area contributed by atoms with Crippen LogP contribution in [-0.4, -0.2) is 5.91 Å². The maximum absolute atomic E-state index is 11.3. The van der Waals surface area contributed by atoms with E-state index >= 15 is 0 Å². The summed E-state index contributed by atoms with van der Waals surface area (Å²) in [5.74, 6) is 0.415. The summed E-state index contributed by atoms with van der Waals surface area (Å²) in [6.07, 6.45) is 4.68. The Bertz CT molecular complexity index is 369. The Balaban J connectivity index is 2.27. The van der Waals surface area contributed by atoms with Crippen molar-refractivity contribution in [1.29, 1.82) is 0 Å². The molecule has 1 heterocycles. The molecule has 1 aliphatic rings. The lowest BCUT2D eigenvalue weighted by Gasteiger charge is -2.28. The van der Waals surface area contributed by atoms with Gasteiger partial charge in [-0.25, -0.2) is 0 Å². The number of benzene rings is 1. The van der Waals surface area contributed by atoms with Crippen LogP contribution in [0, 0.1) is 5.92 Å². The van der Waals surface area contributed by atoms with Crippen LogP contribution in [0.5, 0.6) is 0 Å². The molecule has 0 spiro atoms. The smallest absolute Gasteiger partial charge is 0.244 e. The summed E-state index contributed by atoms with van der Waals surface area (Å²) in [5.41, 5.74) is 1.18. The summed E-state index contributed by atoms with van der Waals surface area (Å²) in [5, 5.41) is 3.01. The van der Waals surface area contributed by atoms with Crippen molar-refractivity contribution in [1.82, 2.24) is 5.32 Å². The first kappa shape index (κ1) is 9.97. The molecule has 78 valence electrons. The highest BCUT2D eigenvalue weighted by molar-refractivity contribution is 5.88. The van der Waals surface area contributed by atoms with Crippen molar-refractivity contribution in [2.24, 2.45) is 5.92 Å². The van der Waals surface area contributed by atoms with E-state index in [1.807, 2.05) is 24.3 Å². The van der Waals surface area contributed by atoms with Gasteiger partial charge in [-0.1, -0.05) is 43.3 Å². The van der Waals surface area contributed by atoms with Gasteiger partial charge in [-0.3, -0.25) is 4.79 Å².